The fourth-order valence-electron chi connectivity index (χ4n) is 4.79. The number of aromatic nitrogens is 1. The fraction of sp³-hybridized carbons (Fsp3) is 0.542. The Hall–Kier alpha value is -2.26. The third-order valence-electron chi connectivity index (χ3n) is 6.32. The SMILES string of the molecule is O=C(O)CSc1cnc(NC(=O)N(C2CCCCC2)[C@H]2CC[C@H](Oc3ccccc3)CC2)s1. The number of carbonyl (C=O) groups excluding carboxylic acids is 1. The molecule has 0 radical (unpaired) electrons. The van der Waals surface area contributed by atoms with Gasteiger partial charge in [0.2, 0.25) is 0 Å². The Morgan fingerprint density at radius 2 is 1.76 bits per heavy atom. The standard InChI is InChI=1S/C24H31N3O4S2/c28-21(29)16-32-22-15-25-23(33-22)26-24(30)27(17-7-3-1-4-8-17)18-11-13-20(14-12-18)31-19-9-5-2-6-10-19/h2,5-6,9-10,15,17-18,20H,1,3-4,7-8,11-14,16H2,(H,28,29)(H,25,26,30)/t18-,20-. The molecule has 0 saturated heterocycles. The molecule has 1 heterocycles. The molecule has 7 nitrogen and oxygen atoms in total. The Bertz CT molecular complexity index is 909. The summed E-state index contributed by atoms with van der Waals surface area (Å²) in [6, 6.07) is 10.3. The van der Waals surface area contributed by atoms with Crippen molar-refractivity contribution in [3.8, 4) is 5.75 Å². The van der Waals surface area contributed by atoms with Crippen molar-refractivity contribution in [1.29, 1.82) is 0 Å². The zero-order valence-corrected chi connectivity index (χ0v) is 20.3. The van der Waals surface area contributed by atoms with Gasteiger partial charge in [-0.25, -0.2) is 9.78 Å². The highest BCUT2D eigenvalue weighted by Gasteiger charge is 2.35. The van der Waals surface area contributed by atoms with Crippen LogP contribution in [0.5, 0.6) is 5.75 Å². The summed E-state index contributed by atoms with van der Waals surface area (Å²) < 4.78 is 6.94. The average Bonchev–Trinajstić information content (AvgIpc) is 3.27. The maximum atomic E-state index is 13.4. The number of anilines is 1. The van der Waals surface area contributed by atoms with E-state index in [2.05, 4.69) is 15.2 Å². The van der Waals surface area contributed by atoms with Crippen LogP contribution in [0, 0.1) is 0 Å². The van der Waals surface area contributed by atoms with Crippen LogP contribution in [0.3, 0.4) is 0 Å². The molecule has 9 heteroatoms. The summed E-state index contributed by atoms with van der Waals surface area (Å²) in [6.07, 6.45) is 11.2. The van der Waals surface area contributed by atoms with Gasteiger partial charge in [0.25, 0.3) is 0 Å². The number of ether oxygens (including phenoxy) is 1. The maximum absolute atomic E-state index is 13.4. The van der Waals surface area contributed by atoms with Crippen LogP contribution in [-0.4, -0.2) is 50.9 Å². The van der Waals surface area contributed by atoms with E-state index in [0.29, 0.717) is 5.13 Å². The molecule has 0 aliphatic heterocycles. The number of aliphatic carboxylic acids is 1. The van der Waals surface area contributed by atoms with Crippen LogP contribution in [0.1, 0.15) is 57.8 Å². The Balaban J connectivity index is 1.38. The minimum atomic E-state index is -0.866. The second-order valence-corrected chi connectivity index (χ2v) is 11.0. The molecule has 0 unspecified atom stereocenters. The number of rotatable bonds is 8. The molecular weight excluding hydrogens is 458 g/mol. The number of thiazole rings is 1. The first-order chi connectivity index (χ1) is 16.1. The number of benzene rings is 1. The third-order valence-corrected chi connectivity index (χ3v) is 8.41. The zero-order valence-electron chi connectivity index (χ0n) is 18.7. The van der Waals surface area contributed by atoms with Crippen molar-refractivity contribution in [2.75, 3.05) is 11.1 Å². The van der Waals surface area contributed by atoms with Crippen molar-refractivity contribution in [3.05, 3.63) is 36.5 Å². The van der Waals surface area contributed by atoms with Gasteiger partial charge in [-0.15, -0.1) is 11.8 Å². The Kier molecular flexibility index (Phi) is 8.50. The fourth-order valence-corrected chi connectivity index (χ4v) is 6.38. The highest BCUT2D eigenvalue weighted by atomic mass is 32.2. The number of urea groups is 1. The van der Waals surface area contributed by atoms with Gasteiger partial charge in [0.05, 0.1) is 22.3 Å². The van der Waals surface area contributed by atoms with Gasteiger partial charge in [-0.1, -0.05) is 48.8 Å². The first kappa shape index (κ1) is 23.9. The van der Waals surface area contributed by atoms with Gasteiger partial charge in [-0.05, 0) is 50.7 Å². The van der Waals surface area contributed by atoms with Gasteiger partial charge in [0.1, 0.15) is 5.75 Å². The van der Waals surface area contributed by atoms with Crippen LogP contribution >= 0.6 is 23.1 Å². The lowest BCUT2D eigenvalue weighted by molar-refractivity contribution is -0.133. The van der Waals surface area contributed by atoms with Crippen molar-refractivity contribution in [1.82, 2.24) is 9.88 Å². The highest BCUT2D eigenvalue weighted by molar-refractivity contribution is 8.01. The molecular formula is C24H31N3O4S2. The molecule has 2 fully saturated rings. The van der Waals surface area contributed by atoms with Gasteiger partial charge in [-0.3, -0.25) is 10.1 Å². The summed E-state index contributed by atoms with van der Waals surface area (Å²) in [6.45, 7) is 0. The van der Waals surface area contributed by atoms with E-state index < -0.39 is 5.97 Å². The number of nitrogens with zero attached hydrogens (tertiary/aromatic N) is 2. The van der Waals surface area contributed by atoms with Crippen LogP contribution in [0.25, 0.3) is 0 Å². The number of carboxylic acids is 1. The number of carbonyl (C=O) groups is 2. The molecule has 33 heavy (non-hydrogen) atoms. The molecule has 2 saturated carbocycles. The molecule has 1 aromatic heterocycles. The Labute approximate surface area is 202 Å². The summed E-state index contributed by atoms with van der Waals surface area (Å²) in [4.78, 5) is 30.6. The molecule has 178 valence electrons. The molecule has 2 aromatic rings. The monoisotopic (exact) mass is 489 g/mol. The van der Waals surface area contributed by atoms with E-state index in [9.17, 15) is 9.59 Å². The molecule has 2 amide bonds. The predicted molar refractivity (Wildman–Crippen MR) is 131 cm³/mol. The highest BCUT2D eigenvalue weighted by Crippen LogP contribution is 2.33. The zero-order chi connectivity index (χ0) is 23.0. The van der Waals surface area contributed by atoms with Crippen LogP contribution in [0.2, 0.25) is 0 Å². The van der Waals surface area contributed by atoms with Crippen LogP contribution < -0.4 is 10.1 Å². The van der Waals surface area contributed by atoms with Crippen molar-refractivity contribution in [2.45, 2.75) is 80.2 Å². The van der Waals surface area contributed by atoms with E-state index in [1.165, 1.54) is 29.5 Å². The van der Waals surface area contributed by atoms with Crippen LogP contribution in [-0.2, 0) is 4.79 Å². The van der Waals surface area contributed by atoms with E-state index >= 15 is 0 Å². The van der Waals surface area contributed by atoms with Crippen molar-refractivity contribution < 1.29 is 19.4 Å². The molecule has 0 bridgehead atoms. The first-order valence-electron chi connectivity index (χ1n) is 11.7. The van der Waals surface area contributed by atoms with Gasteiger partial charge in [0, 0.05) is 12.1 Å². The van der Waals surface area contributed by atoms with Crippen LogP contribution in [0.4, 0.5) is 9.93 Å². The smallest absolute Gasteiger partial charge is 0.324 e. The predicted octanol–water partition coefficient (Wildman–Crippen LogP) is 5.88. The number of thioether (sulfide) groups is 1. The maximum Gasteiger partial charge on any atom is 0.324 e. The summed E-state index contributed by atoms with van der Waals surface area (Å²) in [7, 11) is 0. The normalized spacial score (nSPS) is 21.3. The topological polar surface area (TPSA) is 91.8 Å². The van der Waals surface area contributed by atoms with Crippen molar-refractivity contribution in [3.63, 3.8) is 0 Å². The molecule has 2 N–H and O–H groups in total. The summed E-state index contributed by atoms with van der Waals surface area (Å²) in [5, 5.41) is 12.4. The number of para-hydroxylation sites is 1. The molecule has 0 spiro atoms. The molecule has 2 aliphatic carbocycles. The lowest BCUT2D eigenvalue weighted by atomic mass is 9.88. The van der Waals surface area contributed by atoms with Crippen molar-refractivity contribution >= 4 is 40.2 Å². The number of hydrogen-bond donors (Lipinski definition) is 2. The lowest BCUT2D eigenvalue weighted by Gasteiger charge is -2.42. The quantitative estimate of drug-likeness (QED) is 0.450. The second-order valence-electron chi connectivity index (χ2n) is 8.66. The number of amides is 2. The van der Waals surface area contributed by atoms with E-state index in [0.717, 1.165) is 61.3 Å². The van der Waals surface area contributed by atoms with Gasteiger partial charge < -0.3 is 14.7 Å². The molecule has 0 atom stereocenters. The average molecular weight is 490 g/mol. The summed E-state index contributed by atoms with van der Waals surface area (Å²) in [5.41, 5.74) is 0. The Morgan fingerprint density at radius 1 is 1.06 bits per heavy atom. The minimum Gasteiger partial charge on any atom is -0.490 e. The van der Waals surface area contributed by atoms with Gasteiger partial charge >= 0.3 is 12.0 Å². The van der Waals surface area contributed by atoms with E-state index in [1.54, 1.807) is 6.20 Å². The molecule has 1 aromatic carbocycles. The second kappa shape index (κ2) is 11.7. The molecule has 2 aliphatic rings. The minimum absolute atomic E-state index is 0.0158. The number of carboxylic acid groups (broad SMARTS) is 1. The van der Waals surface area contributed by atoms with Crippen LogP contribution in [0.15, 0.2) is 40.7 Å². The Morgan fingerprint density at radius 3 is 2.45 bits per heavy atom. The van der Waals surface area contributed by atoms with Crippen molar-refractivity contribution in [2.24, 2.45) is 0 Å². The van der Waals surface area contributed by atoms with Gasteiger partial charge in [-0.2, -0.15) is 0 Å². The number of nitrogens with one attached hydrogen (secondary N) is 1. The third kappa shape index (κ3) is 6.86. The summed E-state index contributed by atoms with van der Waals surface area (Å²) >= 11 is 2.54. The van der Waals surface area contributed by atoms with E-state index in [1.807, 2.05) is 30.3 Å². The first-order valence-corrected chi connectivity index (χ1v) is 13.5. The number of hydrogen-bond acceptors (Lipinski definition) is 6. The lowest BCUT2D eigenvalue weighted by Crippen LogP contribution is -2.51. The summed E-state index contributed by atoms with van der Waals surface area (Å²) in [5.74, 6) is 0.0235. The van der Waals surface area contributed by atoms with Gasteiger partial charge in [0.15, 0.2) is 5.13 Å². The molecule has 4 rings (SSSR count). The largest absolute Gasteiger partial charge is 0.490 e. The van der Waals surface area contributed by atoms with E-state index in [4.69, 9.17) is 9.84 Å². The van der Waals surface area contributed by atoms with E-state index in [-0.39, 0.29) is 30.0 Å².